The molecule has 0 bridgehead atoms. The summed E-state index contributed by atoms with van der Waals surface area (Å²) in [6, 6.07) is 12.6. The van der Waals surface area contributed by atoms with Gasteiger partial charge in [0.2, 0.25) is 10.0 Å². The summed E-state index contributed by atoms with van der Waals surface area (Å²) in [6.07, 6.45) is 1.68. The van der Waals surface area contributed by atoms with Gasteiger partial charge in [0.1, 0.15) is 0 Å². The van der Waals surface area contributed by atoms with E-state index in [1.54, 1.807) is 30.3 Å². The molecule has 2 aromatic rings. The second-order valence-electron chi connectivity index (χ2n) is 5.98. The number of carbonyl (C=O) groups is 1. The zero-order chi connectivity index (χ0) is 18.6. The van der Waals surface area contributed by atoms with Crippen LogP contribution in [-0.2, 0) is 14.8 Å². The summed E-state index contributed by atoms with van der Waals surface area (Å²) in [5.74, 6) is -0.400. The molecule has 1 aliphatic heterocycles. The highest BCUT2D eigenvalue weighted by molar-refractivity contribution is 7.89. The number of anilines is 1. The zero-order valence-electron chi connectivity index (χ0n) is 13.9. The lowest BCUT2D eigenvalue weighted by Gasteiger charge is -2.12. The summed E-state index contributed by atoms with van der Waals surface area (Å²) >= 11 is 5.82. The standard InChI is InChI=1S/C18H19ClN2O4S/c19-14-6-8-15(9-7-14)21-18(22)13-3-1-5-17(11-13)26(23,24)20-12-16-4-2-10-25-16/h1,3,5-9,11,16,20H,2,4,10,12H2,(H,21,22). The van der Waals surface area contributed by atoms with Crippen LogP contribution in [0.2, 0.25) is 5.02 Å². The van der Waals surface area contributed by atoms with Gasteiger partial charge >= 0.3 is 0 Å². The van der Waals surface area contributed by atoms with E-state index < -0.39 is 15.9 Å². The van der Waals surface area contributed by atoms with Crippen molar-refractivity contribution in [1.29, 1.82) is 0 Å². The van der Waals surface area contributed by atoms with Crippen molar-refractivity contribution in [3.8, 4) is 0 Å². The average Bonchev–Trinajstić information content (AvgIpc) is 3.16. The minimum absolute atomic E-state index is 0.0410. The van der Waals surface area contributed by atoms with Crippen LogP contribution >= 0.6 is 11.6 Å². The molecule has 138 valence electrons. The first-order valence-electron chi connectivity index (χ1n) is 8.22. The fourth-order valence-corrected chi connectivity index (χ4v) is 3.87. The third-order valence-corrected chi connectivity index (χ3v) is 5.71. The normalized spacial score (nSPS) is 17.2. The van der Waals surface area contributed by atoms with Crippen LogP contribution in [0, 0.1) is 0 Å². The van der Waals surface area contributed by atoms with E-state index in [4.69, 9.17) is 16.3 Å². The maximum atomic E-state index is 12.4. The first kappa shape index (κ1) is 18.8. The second kappa shape index (κ2) is 8.18. The molecule has 0 spiro atoms. The number of sulfonamides is 1. The number of nitrogens with one attached hydrogen (secondary N) is 2. The summed E-state index contributed by atoms with van der Waals surface area (Å²) in [7, 11) is -3.71. The molecule has 1 aliphatic rings. The van der Waals surface area contributed by atoms with E-state index in [-0.39, 0.29) is 23.1 Å². The maximum Gasteiger partial charge on any atom is 0.255 e. The van der Waals surface area contributed by atoms with Gasteiger partial charge in [-0.15, -0.1) is 0 Å². The Kier molecular flexibility index (Phi) is 5.93. The van der Waals surface area contributed by atoms with Crippen LogP contribution in [0.5, 0.6) is 0 Å². The SMILES string of the molecule is O=C(Nc1ccc(Cl)cc1)c1cccc(S(=O)(=O)NCC2CCCO2)c1. The Morgan fingerprint density at radius 2 is 1.96 bits per heavy atom. The number of rotatable bonds is 6. The van der Waals surface area contributed by atoms with Gasteiger partial charge in [0, 0.05) is 29.4 Å². The Morgan fingerprint density at radius 1 is 1.19 bits per heavy atom. The molecule has 1 heterocycles. The summed E-state index contributed by atoms with van der Waals surface area (Å²) in [4.78, 5) is 12.4. The number of benzene rings is 2. The summed E-state index contributed by atoms with van der Waals surface area (Å²) in [5.41, 5.74) is 0.823. The Labute approximate surface area is 157 Å². The van der Waals surface area contributed by atoms with E-state index in [0.29, 0.717) is 17.3 Å². The fraction of sp³-hybridized carbons (Fsp3) is 0.278. The van der Waals surface area contributed by atoms with E-state index in [1.807, 2.05) is 0 Å². The van der Waals surface area contributed by atoms with Crippen molar-refractivity contribution in [1.82, 2.24) is 4.72 Å². The topological polar surface area (TPSA) is 84.5 Å². The molecule has 1 atom stereocenters. The number of carbonyl (C=O) groups excluding carboxylic acids is 1. The molecule has 8 heteroatoms. The second-order valence-corrected chi connectivity index (χ2v) is 8.18. The van der Waals surface area contributed by atoms with Gasteiger partial charge < -0.3 is 10.1 Å². The quantitative estimate of drug-likeness (QED) is 0.788. The van der Waals surface area contributed by atoms with Gasteiger partial charge in [-0.2, -0.15) is 0 Å². The number of halogens is 1. The van der Waals surface area contributed by atoms with Crippen molar-refractivity contribution in [2.45, 2.75) is 23.8 Å². The van der Waals surface area contributed by atoms with Crippen LogP contribution in [0.1, 0.15) is 23.2 Å². The average molecular weight is 395 g/mol. The van der Waals surface area contributed by atoms with E-state index in [1.165, 1.54) is 18.2 Å². The molecular weight excluding hydrogens is 376 g/mol. The molecule has 1 unspecified atom stereocenters. The summed E-state index contributed by atoms with van der Waals surface area (Å²) < 4.78 is 32.9. The third-order valence-electron chi connectivity index (χ3n) is 4.03. The molecule has 1 saturated heterocycles. The van der Waals surface area contributed by atoms with Crippen molar-refractivity contribution < 1.29 is 17.9 Å². The Hall–Kier alpha value is -1.93. The minimum atomic E-state index is -3.71. The Morgan fingerprint density at radius 3 is 2.65 bits per heavy atom. The van der Waals surface area contributed by atoms with Crippen molar-refractivity contribution in [3.05, 3.63) is 59.1 Å². The lowest BCUT2D eigenvalue weighted by atomic mass is 10.2. The molecule has 2 N–H and O–H groups in total. The molecular formula is C18H19ClN2O4S. The van der Waals surface area contributed by atoms with E-state index in [9.17, 15) is 13.2 Å². The number of amides is 1. The molecule has 0 saturated carbocycles. The number of hydrogen-bond donors (Lipinski definition) is 2. The molecule has 1 fully saturated rings. The molecule has 2 aromatic carbocycles. The van der Waals surface area contributed by atoms with E-state index in [2.05, 4.69) is 10.0 Å². The first-order valence-corrected chi connectivity index (χ1v) is 10.1. The van der Waals surface area contributed by atoms with Crippen molar-refractivity contribution in [3.63, 3.8) is 0 Å². The van der Waals surface area contributed by atoms with E-state index >= 15 is 0 Å². The lowest BCUT2D eigenvalue weighted by molar-refractivity contribution is 0.102. The third kappa shape index (κ3) is 4.82. The van der Waals surface area contributed by atoms with Gasteiger partial charge in [-0.3, -0.25) is 4.79 Å². The van der Waals surface area contributed by atoms with Gasteiger partial charge in [-0.1, -0.05) is 17.7 Å². The highest BCUT2D eigenvalue weighted by Crippen LogP contribution is 2.17. The van der Waals surface area contributed by atoms with Crippen molar-refractivity contribution >= 4 is 33.2 Å². The summed E-state index contributed by atoms with van der Waals surface area (Å²) in [5, 5.41) is 3.27. The van der Waals surface area contributed by atoms with Crippen LogP contribution in [0.3, 0.4) is 0 Å². The van der Waals surface area contributed by atoms with Crippen LogP contribution in [0.4, 0.5) is 5.69 Å². The smallest absolute Gasteiger partial charge is 0.255 e. The molecule has 1 amide bonds. The molecule has 0 aliphatic carbocycles. The fourth-order valence-electron chi connectivity index (χ4n) is 2.63. The van der Waals surface area contributed by atoms with Gasteiger partial charge in [0.25, 0.3) is 5.91 Å². The Balaban J connectivity index is 1.70. The molecule has 0 radical (unpaired) electrons. The van der Waals surface area contributed by atoms with Gasteiger partial charge in [-0.05, 0) is 55.3 Å². The monoisotopic (exact) mass is 394 g/mol. The largest absolute Gasteiger partial charge is 0.377 e. The van der Waals surface area contributed by atoms with Crippen molar-refractivity contribution in [2.24, 2.45) is 0 Å². The van der Waals surface area contributed by atoms with Crippen molar-refractivity contribution in [2.75, 3.05) is 18.5 Å². The van der Waals surface area contributed by atoms with E-state index in [0.717, 1.165) is 12.8 Å². The van der Waals surface area contributed by atoms with Gasteiger partial charge in [0.15, 0.2) is 0 Å². The Bertz CT molecular complexity index is 878. The molecule has 26 heavy (non-hydrogen) atoms. The minimum Gasteiger partial charge on any atom is -0.377 e. The first-order chi connectivity index (χ1) is 12.4. The van der Waals surface area contributed by atoms with Crippen LogP contribution < -0.4 is 10.0 Å². The maximum absolute atomic E-state index is 12.4. The lowest BCUT2D eigenvalue weighted by Crippen LogP contribution is -2.32. The predicted molar refractivity (Wildman–Crippen MR) is 100 cm³/mol. The van der Waals surface area contributed by atoms with Crippen LogP contribution in [-0.4, -0.2) is 33.6 Å². The number of hydrogen-bond acceptors (Lipinski definition) is 4. The highest BCUT2D eigenvalue weighted by Gasteiger charge is 2.21. The zero-order valence-corrected chi connectivity index (χ0v) is 15.5. The predicted octanol–water partition coefficient (Wildman–Crippen LogP) is 3.05. The highest BCUT2D eigenvalue weighted by atomic mass is 35.5. The molecule has 6 nitrogen and oxygen atoms in total. The van der Waals surface area contributed by atoms with Crippen LogP contribution in [0.15, 0.2) is 53.4 Å². The molecule has 0 aromatic heterocycles. The van der Waals surface area contributed by atoms with Gasteiger partial charge in [0.05, 0.1) is 11.0 Å². The summed E-state index contributed by atoms with van der Waals surface area (Å²) in [6.45, 7) is 0.885. The van der Waals surface area contributed by atoms with Crippen LogP contribution in [0.25, 0.3) is 0 Å². The number of ether oxygens (including phenoxy) is 1. The van der Waals surface area contributed by atoms with Gasteiger partial charge in [-0.25, -0.2) is 13.1 Å². The molecule has 3 rings (SSSR count).